The molecule has 3 aromatic rings. The van der Waals surface area contributed by atoms with E-state index >= 15 is 0 Å². The van der Waals surface area contributed by atoms with Gasteiger partial charge in [-0.05, 0) is 38.5 Å². The maximum atomic E-state index is 6.16. The fraction of sp³-hybridized carbons (Fsp3) is 0.200. The molecule has 0 aliphatic heterocycles. The smallest absolute Gasteiger partial charge is 0.188 e. The zero-order valence-electron chi connectivity index (χ0n) is 13.1. The van der Waals surface area contributed by atoms with E-state index in [1.165, 1.54) is 6.33 Å². The highest BCUT2D eigenvalue weighted by Crippen LogP contribution is 2.30. The van der Waals surface area contributed by atoms with Gasteiger partial charge in [-0.3, -0.25) is 0 Å². The number of nitrogens with two attached hydrogens (primary N) is 1. The van der Waals surface area contributed by atoms with Gasteiger partial charge in [-0.15, -0.1) is 11.3 Å². The summed E-state index contributed by atoms with van der Waals surface area (Å²) in [7, 11) is 0. The first-order valence-corrected chi connectivity index (χ1v) is 7.86. The van der Waals surface area contributed by atoms with Crippen LogP contribution in [-0.2, 0) is 0 Å². The average molecular weight is 327 g/mol. The molecule has 0 aromatic carbocycles. The van der Waals surface area contributed by atoms with Gasteiger partial charge in [0.1, 0.15) is 17.8 Å². The molecule has 0 aliphatic rings. The summed E-state index contributed by atoms with van der Waals surface area (Å²) < 4.78 is 0. The Labute approximate surface area is 138 Å². The molecule has 3 aromatic heterocycles. The number of nitrogens with one attached hydrogen (secondary N) is 2. The number of aromatic nitrogens is 4. The Morgan fingerprint density at radius 1 is 1.04 bits per heavy atom. The van der Waals surface area contributed by atoms with Gasteiger partial charge < -0.3 is 16.4 Å². The molecule has 0 atom stereocenters. The van der Waals surface area contributed by atoms with Crippen molar-refractivity contribution in [3.63, 3.8) is 0 Å². The van der Waals surface area contributed by atoms with Crippen LogP contribution in [0.15, 0.2) is 24.7 Å². The highest BCUT2D eigenvalue weighted by atomic mass is 32.1. The number of hydrogen-bond donors (Lipinski definition) is 3. The molecule has 0 saturated heterocycles. The molecule has 3 rings (SSSR count). The lowest BCUT2D eigenvalue weighted by Gasteiger charge is -2.11. The van der Waals surface area contributed by atoms with E-state index in [1.807, 2.05) is 32.9 Å². The van der Waals surface area contributed by atoms with Crippen molar-refractivity contribution in [1.82, 2.24) is 19.9 Å². The second kappa shape index (κ2) is 6.17. The van der Waals surface area contributed by atoms with Crippen LogP contribution in [-0.4, -0.2) is 19.9 Å². The van der Waals surface area contributed by atoms with Gasteiger partial charge in [0.15, 0.2) is 16.8 Å². The van der Waals surface area contributed by atoms with E-state index in [2.05, 4.69) is 30.6 Å². The first-order valence-electron chi connectivity index (χ1n) is 7.04. The first kappa shape index (κ1) is 15.2. The Hall–Kier alpha value is -2.74. The third-order valence-electron chi connectivity index (χ3n) is 3.30. The van der Waals surface area contributed by atoms with Gasteiger partial charge >= 0.3 is 0 Å². The average Bonchev–Trinajstić information content (AvgIpc) is 2.82. The molecule has 0 amide bonds. The predicted octanol–water partition coefficient (Wildman–Crippen LogP) is 3.32. The second-order valence-electron chi connectivity index (χ2n) is 5.11. The maximum Gasteiger partial charge on any atom is 0.188 e. The summed E-state index contributed by atoms with van der Waals surface area (Å²) in [5.41, 5.74) is 8.67. The predicted molar refractivity (Wildman–Crippen MR) is 93.6 cm³/mol. The third-order valence-corrected chi connectivity index (χ3v) is 4.29. The van der Waals surface area contributed by atoms with Crippen molar-refractivity contribution in [2.24, 2.45) is 0 Å². The number of anilines is 5. The van der Waals surface area contributed by atoms with Gasteiger partial charge in [-0.2, -0.15) is 0 Å². The van der Waals surface area contributed by atoms with E-state index in [9.17, 15) is 0 Å². The number of hydrogen-bond acceptors (Lipinski definition) is 8. The van der Waals surface area contributed by atoms with Crippen molar-refractivity contribution in [3.05, 3.63) is 40.8 Å². The van der Waals surface area contributed by atoms with Crippen molar-refractivity contribution >= 4 is 39.6 Å². The van der Waals surface area contributed by atoms with Gasteiger partial charge in [-0.25, -0.2) is 19.9 Å². The number of nitrogens with zero attached hydrogens (tertiary/aromatic N) is 4. The quantitative estimate of drug-likeness (QED) is 0.675. The molecule has 0 aliphatic carbocycles. The summed E-state index contributed by atoms with van der Waals surface area (Å²) in [6, 6.07) is 3.84. The van der Waals surface area contributed by atoms with Crippen LogP contribution in [0.4, 0.5) is 28.3 Å². The Kier molecular flexibility index (Phi) is 4.07. The second-order valence-corrected chi connectivity index (χ2v) is 6.32. The van der Waals surface area contributed by atoms with E-state index in [4.69, 9.17) is 5.73 Å². The number of pyridine rings is 1. The first-order chi connectivity index (χ1) is 11.0. The minimum absolute atomic E-state index is 0.418. The minimum Gasteiger partial charge on any atom is -0.393 e. The minimum atomic E-state index is 0.418. The van der Waals surface area contributed by atoms with Gasteiger partial charge in [0, 0.05) is 11.1 Å². The summed E-state index contributed by atoms with van der Waals surface area (Å²) in [5, 5.41) is 7.01. The number of thiazole rings is 1. The number of rotatable bonds is 4. The molecule has 0 fully saturated rings. The monoisotopic (exact) mass is 327 g/mol. The van der Waals surface area contributed by atoms with Crippen molar-refractivity contribution < 1.29 is 0 Å². The summed E-state index contributed by atoms with van der Waals surface area (Å²) in [4.78, 5) is 18.2. The molecular formula is C15H17N7S. The van der Waals surface area contributed by atoms with E-state index in [0.29, 0.717) is 23.1 Å². The van der Waals surface area contributed by atoms with E-state index in [-0.39, 0.29) is 0 Å². The fourth-order valence-corrected chi connectivity index (χ4v) is 2.76. The normalized spacial score (nSPS) is 10.6. The summed E-state index contributed by atoms with van der Waals surface area (Å²) in [6.07, 6.45) is 3.18. The van der Waals surface area contributed by atoms with Crippen molar-refractivity contribution in [2.45, 2.75) is 20.8 Å². The van der Waals surface area contributed by atoms with E-state index in [1.54, 1.807) is 17.5 Å². The Bertz CT molecular complexity index is 824. The molecule has 0 saturated carbocycles. The van der Waals surface area contributed by atoms with Gasteiger partial charge in [-0.1, -0.05) is 0 Å². The van der Waals surface area contributed by atoms with Crippen LogP contribution in [0.1, 0.15) is 16.1 Å². The summed E-state index contributed by atoms with van der Waals surface area (Å²) in [5.74, 6) is 1.71. The Morgan fingerprint density at radius 2 is 1.78 bits per heavy atom. The van der Waals surface area contributed by atoms with Crippen LogP contribution in [0.3, 0.4) is 0 Å². The van der Waals surface area contributed by atoms with Crippen LogP contribution in [0, 0.1) is 20.8 Å². The third kappa shape index (κ3) is 3.37. The Morgan fingerprint density at radius 3 is 2.43 bits per heavy atom. The summed E-state index contributed by atoms with van der Waals surface area (Å²) >= 11 is 1.56. The molecule has 23 heavy (non-hydrogen) atoms. The molecule has 0 radical (unpaired) electrons. The van der Waals surface area contributed by atoms with Crippen LogP contribution in [0.25, 0.3) is 0 Å². The zero-order valence-corrected chi connectivity index (χ0v) is 13.9. The molecular weight excluding hydrogens is 310 g/mol. The lowest BCUT2D eigenvalue weighted by molar-refractivity contribution is 1.15. The number of nitrogen functional groups attached to an aromatic ring is 1. The topological polar surface area (TPSA) is 102 Å². The van der Waals surface area contributed by atoms with Crippen molar-refractivity contribution in [1.29, 1.82) is 0 Å². The van der Waals surface area contributed by atoms with Gasteiger partial charge in [0.05, 0.1) is 5.69 Å². The van der Waals surface area contributed by atoms with Crippen LogP contribution < -0.4 is 16.4 Å². The molecule has 118 valence electrons. The number of aryl methyl sites for hydroxylation is 3. The maximum absolute atomic E-state index is 6.16. The molecule has 0 bridgehead atoms. The van der Waals surface area contributed by atoms with Gasteiger partial charge in [0.2, 0.25) is 0 Å². The highest BCUT2D eigenvalue weighted by molar-refractivity contribution is 7.15. The lowest BCUT2D eigenvalue weighted by atomic mass is 10.3. The molecule has 0 spiro atoms. The standard InChI is InChI=1S/C15H17N7S/c1-8-4-5-17-11(6-8)21-13-12(16)14(19-7-18-13)22-15-20-9(2)10(3)23-15/h4-7H,16H2,1-3H3,(H2,17,18,19,20,21,22). The Balaban J connectivity index is 1.86. The molecule has 0 unspecified atom stereocenters. The van der Waals surface area contributed by atoms with Crippen LogP contribution >= 0.6 is 11.3 Å². The molecule has 3 heterocycles. The fourth-order valence-electron chi connectivity index (χ4n) is 1.95. The largest absolute Gasteiger partial charge is 0.393 e. The van der Waals surface area contributed by atoms with Gasteiger partial charge in [0.25, 0.3) is 0 Å². The molecule has 7 nitrogen and oxygen atoms in total. The van der Waals surface area contributed by atoms with E-state index < -0.39 is 0 Å². The SMILES string of the molecule is Cc1ccnc(Nc2ncnc(Nc3nc(C)c(C)s3)c2N)c1. The molecule has 4 N–H and O–H groups in total. The zero-order chi connectivity index (χ0) is 16.4. The summed E-state index contributed by atoms with van der Waals surface area (Å²) in [6.45, 7) is 5.99. The molecule has 8 heteroatoms. The highest BCUT2D eigenvalue weighted by Gasteiger charge is 2.11. The van der Waals surface area contributed by atoms with Crippen LogP contribution in [0.5, 0.6) is 0 Å². The van der Waals surface area contributed by atoms with Crippen LogP contribution in [0.2, 0.25) is 0 Å². The van der Waals surface area contributed by atoms with Crippen molar-refractivity contribution in [3.8, 4) is 0 Å². The van der Waals surface area contributed by atoms with E-state index in [0.717, 1.165) is 21.3 Å². The lowest BCUT2D eigenvalue weighted by Crippen LogP contribution is -2.05. The van der Waals surface area contributed by atoms with Crippen molar-refractivity contribution in [2.75, 3.05) is 16.4 Å².